The molecule has 0 spiro atoms. The molecule has 2 N–H and O–H groups in total. The molecule has 0 amide bonds. The van der Waals surface area contributed by atoms with Gasteiger partial charge in [-0.2, -0.15) is 0 Å². The molecule has 4 heteroatoms. The van der Waals surface area contributed by atoms with Crippen LogP contribution < -0.4 is 14.5 Å². The molecule has 1 aliphatic heterocycles. The number of hydrogen-bond donors (Lipinski definition) is 2. The van der Waals surface area contributed by atoms with Gasteiger partial charge in [-0.05, 0) is 12.1 Å². The first-order chi connectivity index (χ1) is 11.3. The Labute approximate surface area is 137 Å². The third-order valence-corrected chi connectivity index (χ3v) is 4.51. The highest BCUT2D eigenvalue weighted by Gasteiger charge is 2.22. The largest absolute Gasteiger partial charge is 0.485 e. The fourth-order valence-electron chi connectivity index (χ4n) is 3.14. The highest BCUT2D eigenvalue weighted by molar-refractivity contribution is 5.23. The van der Waals surface area contributed by atoms with Crippen LogP contribution in [0.5, 0.6) is 5.75 Å². The van der Waals surface area contributed by atoms with E-state index < -0.39 is 0 Å². The van der Waals surface area contributed by atoms with Crippen molar-refractivity contribution in [2.45, 2.75) is 6.54 Å². The summed E-state index contributed by atoms with van der Waals surface area (Å²) in [4.78, 5) is 3.20. The van der Waals surface area contributed by atoms with Crippen molar-refractivity contribution in [3.63, 3.8) is 0 Å². The molecule has 122 valence electrons. The average Bonchev–Trinajstić information content (AvgIpc) is 2.59. The van der Waals surface area contributed by atoms with E-state index in [9.17, 15) is 4.39 Å². The van der Waals surface area contributed by atoms with Crippen LogP contribution in [0.25, 0.3) is 0 Å². The zero-order valence-corrected chi connectivity index (χ0v) is 13.4. The second kappa shape index (κ2) is 8.09. The van der Waals surface area contributed by atoms with Crippen LogP contribution in [-0.4, -0.2) is 39.3 Å². The molecule has 2 aromatic rings. The Morgan fingerprint density at radius 1 is 0.826 bits per heavy atom. The van der Waals surface area contributed by atoms with Gasteiger partial charge in [0.15, 0.2) is 11.6 Å². The van der Waals surface area contributed by atoms with Crippen molar-refractivity contribution >= 4 is 0 Å². The van der Waals surface area contributed by atoms with Gasteiger partial charge >= 0.3 is 0 Å². The molecule has 3 nitrogen and oxygen atoms in total. The normalized spacial score (nSPS) is 21.1. The van der Waals surface area contributed by atoms with Gasteiger partial charge in [-0.1, -0.05) is 42.5 Å². The summed E-state index contributed by atoms with van der Waals surface area (Å²) in [5.74, 6) is 0.0832. The third kappa shape index (κ3) is 4.78. The molecule has 1 saturated heterocycles. The van der Waals surface area contributed by atoms with Gasteiger partial charge in [-0.25, -0.2) is 4.39 Å². The Morgan fingerprint density at radius 2 is 1.48 bits per heavy atom. The molecule has 3 rings (SSSR count). The van der Waals surface area contributed by atoms with Crippen molar-refractivity contribution in [2.24, 2.45) is 0 Å². The lowest BCUT2D eigenvalue weighted by atomic mass is 10.2. The summed E-state index contributed by atoms with van der Waals surface area (Å²) in [5.41, 5.74) is 1.41. The molecule has 0 aromatic heterocycles. The predicted octanol–water partition coefficient (Wildman–Crippen LogP) is 0.188. The number of benzene rings is 2. The first-order valence-corrected chi connectivity index (χ1v) is 8.39. The molecule has 0 radical (unpaired) electrons. The smallest absolute Gasteiger partial charge is 0.165 e. The molecule has 0 saturated carbocycles. The second-order valence-electron chi connectivity index (χ2n) is 6.19. The molecule has 23 heavy (non-hydrogen) atoms. The molecular weight excluding hydrogens is 291 g/mol. The molecule has 1 fully saturated rings. The summed E-state index contributed by atoms with van der Waals surface area (Å²) in [7, 11) is 0. The molecule has 1 aliphatic rings. The zero-order chi connectivity index (χ0) is 15.9. The van der Waals surface area contributed by atoms with E-state index in [1.165, 1.54) is 24.7 Å². The van der Waals surface area contributed by atoms with Gasteiger partial charge in [-0.3, -0.25) is 0 Å². The van der Waals surface area contributed by atoms with Crippen molar-refractivity contribution in [3.8, 4) is 5.75 Å². The van der Waals surface area contributed by atoms with Gasteiger partial charge in [0.05, 0.1) is 0 Å². The van der Waals surface area contributed by atoms with Gasteiger partial charge in [-0.15, -0.1) is 0 Å². The van der Waals surface area contributed by atoms with E-state index in [0.717, 1.165) is 26.2 Å². The van der Waals surface area contributed by atoms with Crippen LogP contribution >= 0.6 is 0 Å². The van der Waals surface area contributed by atoms with Crippen molar-refractivity contribution < 1.29 is 18.9 Å². The van der Waals surface area contributed by atoms with Crippen LogP contribution in [0.1, 0.15) is 5.56 Å². The lowest BCUT2D eigenvalue weighted by Crippen LogP contribution is -3.27. The number of piperazine rings is 1. The second-order valence-corrected chi connectivity index (χ2v) is 6.19. The highest BCUT2D eigenvalue weighted by atomic mass is 19.1. The number of nitrogens with one attached hydrogen (secondary N) is 2. The fourth-order valence-corrected chi connectivity index (χ4v) is 3.14. The zero-order valence-electron chi connectivity index (χ0n) is 13.4. The Kier molecular flexibility index (Phi) is 5.61. The van der Waals surface area contributed by atoms with E-state index >= 15 is 0 Å². The maximum Gasteiger partial charge on any atom is 0.165 e. The summed E-state index contributed by atoms with van der Waals surface area (Å²) < 4.78 is 19.0. The van der Waals surface area contributed by atoms with Crippen molar-refractivity contribution in [1.29, 1.82) is 0 Å². The summed E-state index contributed by atoms with van der Waals surface area (Å²) in [6.45, 7) is 7.30. The average molecular weight is 316 g/mol. The number of quaternary nitrogens is 2. The number of hydrogen-bond acceptors (Lipinski definition) is 1. The minimum Gasteiger partial charge on any atom is -0.485 e. The molecule has 2 aromatic carbocycles. The lowest BCUT2D eigenvalue weighted by molar-refractivity contribution is -1.02. The van der Waals surface area contributed by atoms with E-state index in [1.807, 2.05) is 0 Å². The quantitative estimate of drug-likeness (QED) is 0.779. The van der Waals surface area contributed by atoms with Crippen LogP contribution in [0, 0.1) is 5.82 Å². The summed E-state index contributed by atoms with van der Waals surface area (Å²) in [6, 6.07) is 17.3. The topological polar surface area (TPSA) is 18.1 Å². The number of rotatable bonds is 6. The van der Waals surface area contributed by atoms with E-state index in [0.29, 0.717) is 12.4 Å². The maximum absolute atomic E-state index is 13.5. The summed E-state index contributed by atoms with van der Waals surface area (Å²) in [5, 5.41) is 0. The predicted molar refractivity (Wildman–Crippen MR) is 88.3 cm³/mol. The third-order valence-electron chi connectivity index (χ3n) is 4.51. The monoisotopic (exact) mass is 316 g/mol. The Bertz CT molecular complexity index is 597. The Morgan fingerprint density at radius 3 is 2.22 bits per heavy atom. The molecule has 0 bridgehead atoms. The molecule has 0 unspecified atom stereocenters. The van der Waals surface area contributed by atoms with Gasteiger partial charge in [0, 0.05) is 5.56 Å². The summed E-state index contributed by atoms with van der Waals surface area (Å²) >= 11 is 0. The number of halogens is 1. The van der Waals surface area contributed by atoms with Crippen LogP contribution in [0.15, 0.2) is 54.6 Å². The number of ether oxygens (including phenoxy) is 1. The van der Waals surface area contributed by atoms with Crippen LogP contribution in [0.4, 0.5) is 4.39 Å². The SMILES string of the molecule is Fc1ccccc1OCC[NH+]1CC[NH+](Cc2ccccc2)CC1. The first kappa shape index (κ1) is 16.0. The first-order valence-electron chi connectivity index (χ1n) is 8.39. The fraction of sp³-hybridized carbons (Fsp3) is 0.368. The van der Waals surface area contributed by atoms with Crippen LogP contribution in [0.3, 0.4) is 0 Å². The van der Waals surface area contributed by atoms with Crippen molar-refractivity contribution in [1.82, 2.24) is 0 Å². The molecule has 0 aliphatic carbocycles. The minimum absolute atomic E-state index is 0.278. The standard InChI is InChI=1S/C19H23FN2O/c20-18-8-4-5-9-19(18)23-15-14-21-10-12-22(13-11-21)16-17-6-2-1-3-7-17/h1-9H,10-16H2/p+2. The molecule has 0 atom stereocenters. The lowest BCUT2D eigenvalue weighted by Gasteiger charge is -2.29. The van der Waals surface area contributed by atoms with Crippen LogP contribution in [-0.2, 0) is 6.54 Å². The van der Waals surface area contributed by atoms with Gasteiger partial charge in [0.2, 0.25) is 0 Å². The minimum atomic E-state index is -0.278. The van der Waals surface area contributed by atoms with E-state index in [4.69, 9.17) is 4.74 Å². The summed E-state index contributed by atoms with van der Waals surface area (Å²) in [6.07, 6.45) is 0. The van der Waals surface area contributed by atoms with Gasteiger partial charge in [0.1, 0.15) is 45.9 Å². The van der Waals surface area contributed by atoms with E-state index in [2.05, 4.69) is 30.3 Å². The van der Waals surface area contributed by atoms with Crippen LogP contribution in [0.2, 0.25) is 0 Å². The van der Waals surface area contributed by atoms with Gasteiger partial charge in [0.25, 0.3) is 0 Å². The van der Waals surface area contributed by atoms with Gasteiger partial charge < -0.3 is 14.5 Å². The number of para-hydroxylation sites is 1. The Balaban J connectivity index is 1.37. The van der Waals surface area contributed by atoms with Crippen molar-refractivity contribution in [2.75, 3.05) is 39.3 Å². The Hall–Kier alpha value is -1.91. The molecular formula is C19H25FN2O+2. The molecule has 1 heterocycles. The maximum atomic E-state index is 13.5. The van der Waals surface area contributed by atoms with Crippen molar-refractivity contribution in [3.05, 3.63) is 66.0 Å². The van der Waals surface area contributed by atoms with E-state index in [1.54, 1.807) is 28.0 Å². The highest BCUT2D eigenvalue weighted by Crippen LogP contribution is 2.14. The van der Waals surface area contributed by atoms with E-state index in [-0.39, 0.29) is 5.82 Å².